The third-order valence-corrected chi connectivity index (χ3v) is 3.88. The Bertz CT molecular complexity index is 445. The maximum atomic E-state index is 11.5. The van der Waals surface area contributed by atoms with Crippen molar-refractivity contribution in [1.82, 2.24) is 5.32 Å². The molecule has 5 atom stereocenters. The number of esters is 1. The van der Waals surface area contributed by atoms with Gasteiger partial charge in [-0.15, -0.1) is 12.3 Å². The molecular formula is C17H27NO5. The lowest BCUT2D eigenvalue weighted by molar-refractivity contribution is -0.253. The van der Waals surface area contributed by atoms with Gasteiger partial charge in [-0.2, -0.15) is 0 Å². The van der Waals surface area contributed by atoms with Crippen LogP contribution in [0.3, 0.4) is 0 Å². The first kappa shape index (κ1) is 19.5. The van der Waals surface area contributed by atoms with Crippen molar-refractivity contribution in [2.75, 3.05) is 6.61 Å². The van der Waals surface area contributed by atoms with Crippen molar-refractivity contribution in [3.8, 4) is 12.3 Å². The van der Waals surface area contributed by atoms with Crippen LogP contribution in [0.15, 0.2) is 0 Å². The summed E-state index contributed by atoms with van der Waals surface area (Å²) in [6.07, 6.45) is 6.03. The summed E-state index contributed by atoms with van der Waals surface area (Å²) in [7, 11) is 0. The van der Waals surface area contributed by atoms with Gasteiger partial charge in [0, 0.05) is 26.2 Å². The smallest absolute Gasteiger partial charge is 0.302 e. The fourth-order valence-corrected chi connectivity index (χ4v) is 2.82. The van der Waals surface area contributed by atoms with Gasteiger partial charge in [0.15, 0.2) is 6.29 Å². The molecule has 1 N–H and O–H groups in total. The summed E-state index contributed by atoms with van der Waals surface area (Å²) in [5.74, 6) is 1.89. The molecule has 1 fully saturated rings. The van der Waals surface area contributed by atoms with E-state index in [1.165, 1.54) is 13.8 Å². The molecule has 1 aliphatic heterocycles. The second-order valence-corrected chi connectivity index (χ2v) is 5.79. The Labute approximate surface area is 138 Å². The Morgan fingerprint density at radius 3 is 2.57 bits per heavy atom. The Morgan fingerprint density at radius 1 is 1.35 bits per heavy atom. The zero-order valence-electron chi connectivity index (χ0n) is 14.3. The van der Waals surface area contributed by atoms with Gasteiger partial charge in [0.05, 0.1) is 12.7 Å². The van der Waals surface area contributed by atoms with Gasteiger partial charge in [-0.05, 0) is 12.8 Å². The predicted octanol–water partition coefficient (Wildman–Crippen LogP) is 1.62. The number of hydrogen-bond acceptors (Lipinski definition) is 5. The van der Waals surface area contributed by atoms with Crippen molar-refractivity contribution in [3.63, 3.8) is 0 Å². The first-order valence-corrected chi connectivity index (χ1v) is 8.05. The molecule has 0 spiro atoms. The molecule has 1 rings (SSSR count). The van der Waals surface area contributed by atoms with E-state index in [4.69, 9.17) is 20.6 Å². The molecule has 130 valence electrons. The highest BCUT2D eigenvalue weighted by Crippen LogP contribution is 2.30. The largest absolute Gasteiger partial charge is 0.460 e. The van der Waals surface area contributed by atoms with Crippen molar-refractivity contribution in [3.05, 3.63) is 0 Å². The first-order valence-electron chi connectivity index (χ1n) is 8.05. The summed E-state index contributed by atoms with van der Waals surface area (Å²) in [4.78, 5) is 23.0. The van der Waals surface area contributed by atoms with E-state index >= 15 is 0 Å². The molecule has 0 unspecified atom stereocenters. The second kappa shape index (κ2) is 9.53. The van der Waals surface area contributed by atoms with Gasteiger partial charge in [-0.1, -0.05) is 13.8 Å². The van der Waals surface area contributed by atoms with Gasteiger partial charge in [-0.25, -0.2) is 0 Å². The average Bonchev–Trinajstić information content (AvgIpc) is 2.48. The number of carbonyl (C=O) groups excluding carboxylic acids is 2. The number of hydrogen-bond donors (Lipinski definition) is 1. The molecule has 0 aromatic heterocycles. The van der Waals surface area contributed by atoms with Crippen molar-refractivity contribution in [1.29, 1.82) is 0 Å². The third-order valence-electron chi connectivity index (χ3n) is 3.88. The minimum Gasteiger partial charge on any atom is -0.460 e. The van der Waals surface area contributed by atoms with Crippen LogP contribution in [0.1, 0.15) is 47.0 Å². The number of carbonyl (C=O) groups is 2. The molecule has 0 saturated carbocycles. The summed E-state index contributed by atoms with van der Waals surface area (Å²) in [6.45, 7) is 7.14. The van der Waals surface area contributed by atoms with Gasteiger partial charge < -0.3 is 19.5 Å². The molecule has 23 heavy (non-hydrogen) atoms. The van der Waals surface area contributed by atoms with Crippen LogP contribution < -0.4 is 5.32 Å². The Kier molecular flexibility index (Phi) is 8.07. The number of rotatable bonds is 7. The topological polar surface area (TPSA) is 73.9 Å². The van der Waals surface area contributed by atoms with E-state index in [1.807, 2.05) is 13.8 Å². The Balaban J connectivity index is 2.90. The van der Waals surface area contributed by atoms with Crippen LogP contribution in [0.2, 0.25) is 0 Å². The maximum absolute atomic E-state index is 11.5. The van der Waals surface area contributed by atoms with Gasteiger partial charge >= 0.3 is 5.97 Å². The molecule has 0 radical (unpaired) electrons. The highest BCUT2D eigenvalue weighted by Gasteiger charge is 2.46. The van der Waals surface area contributed by atoms with Crippen LogP contribution >= 0.6 is 0 Å². The molecule has 1 heterocycles. The average molecular weight is 325 g/mol. The number of amides is 1. The Hall–Kier alpha value is -1.58. The summed E-state index contributed by atoms with van der Waals surface area (Å²) in [6, 6.07) is -0.542. The number of terminal acetylenes is 1. The van der Waals surface area contributed by atoms with E-state index in [0.717, 1.165) is 6.42 Å². The van der Waals surface area contributed by atoms with E-state index < -0.39 is 18.4 Å². The van der Waals surface area contributed by atoms with Crippen LogP contribution in [0.5, 0.6) is 0 Å². The summed E-state index contributed by atoms with van der Waals surface area (Å²) < 4.78 is 17.2. The molecule has 0 aromatic carbocycles. The van der Waals surface area contributed by atoms with Crippen molar-refractivity contribution >= 4 is 11.9 Å². The molecule has 6 heteroatoms. The van der Waals surface area contributed by atoms with E-state index in [9.17, 15) is 9.59 Å². The minimum atomic E-state index is -0.665. The SMILES string of the molecule is C#CCCCO[C@H]1O[C@@H](CC)[C@@H](C)[C@@H](OC(C)=O)[C@@H]1NC(C)=O. The highest BCUT2D eigenvalue weighted by atomic mass is 16.7. The molecule has 0 aliphatic carbocycles. The molecule has 0 bridgehead atoms. The van der Waals surface area contributed by atoms with Crippen molar-refractivity contribution < 1.29 is 23.8 Å². The summed E-state index contributed by atoms with van der Waals surface area (Å²) in [5.41, 5.74) is 0. The fourth-order valence-electron chi connectivity index (χ4n) is 2.82. The van der Waals surface area contributed by atoms with Gasteiger partial charge in [0.1, 0.15) is 12.1 Å². The second-order valence-electron chi connectivity index (χ2n) is 5.79. The molecule has 1 saturated heterocycles. The van der Waals surface area contributed by atoms with E-state index in [-0.39, 0.29) is 23.9 Å². The number of nitrogens with one attached hydrogen (secondary N) is 1. The van der Waals surface area contributed by atoms with E-state index in [0.29, 0.717) is 19.4 Å². The van der Waals surface area contributed by atoms with Crippen LogP contribution in [-0.2, 0) is 23.8 Å². The normalized spacial score (nSPS) is 30.3. The maximum Gasteiger partial charge on any atom is 0.302 e. The summed E-state index contributed by atoms with van der Waals surface area (Å²) in [5, 5.41) is 2.80. The van der Waals surface area contributed by atoms with E-state index in [2.05, 4.69) is 11.2 Å². The van der Waals surface area contributed by atoms with E-state index in [1.54, 1.807) is 0 Å². The zero-order chi connectivity index (χ0) is 17.4. The standard InChI is InChI=1S/C17H27NO5/c1-6-8-9-10-21-17-15(18-12(4)19)16(22-13(5)20)11(3)14(7-2)23-17/h1,11,14-17H,7-10H2,2-5H3,(H,18,19)/t11-,14+,15+,16-,17+/m1/s1. The summed E-state index contributed by atoms with van der Waals surface area (Å²) >= 11 is 0. The fraction of sp³-hybridized carbons (Fsp3) is 0.765. The number of ether oxygens (including phenoxy) is 3. The molecular weight excluding hydrogens is 298 g/mol. The number of unbranched alkanes of at least 4 members (excludes halogenated alkanes) is 1. The van der Waals surface area contributed by atoms with Crippen LogP contribution in [0.25, 0.3) is 0 Å². The lowest BCUT2D eigenvalue weighted by atomic mass is 9.87. The molecule has 1 aliphatic rings. The molecule has 1 amide bonds. The Morgan fingerprint density at radius 2 is 2.04 bits per heavy atom. The van der Waals surface area contributed by atoms with Crippen LogP contribution in [0, 0.1) is 18.3 Å². The van der Waals surface area contributed by atoms with Crippen LogP contribution in [0.4, 0.5) is 0 Å². The van der Waals surface area contributed by atoms with Crippen LogP contribution in [-0.4, -0.2) is 43.0 Å². The van der Waals surface area contributed by atoms with Gasteiger partial charge in [0.25, 0.3) is 0 Å². The lowest BCUT2D eigenvalue weighted by Gasteiger charge is -2.44. The van der Waals surface area contributed by atoms with Gasteiger partial charge in [0.2, 0.25) is 5.91 Å². The highest BCUT2D eigenvalue weighted by molar-refractivity contribution is 5.73. The predicted molar refractivity (Wildman–Crippen MR) is 85.3 cm³/mol. The minimum absolute atomic E-state index is 0.0497. The monoisotopic (exact) mass is 325 g/mol. The quantitative estimate of drug-likeness (QED) is 0.437. The molecule has 6 nitrogen and oxygen atoms in total. The molecule has 0 aromatic rings. The zero-order valence-corrected chi connectivity index (χ0v) is 14.3. The van der Waals surface area contributed by atoms with Crippen molar-refractivity contribution in [2.45, 2.75) is 71.5 Å². The van der Waals surface area contributed by atoms with Gasteiger partial charge in [-0.3, -0.25) is 9.59 Å². The lowest BCUT2D eigenvalue weighted by Crippen LogP contribution is -2.62. The third kappa shape index (κ3) is 5.85. The first-order chi connectivity index (χ1) is 10.9. The van der Waals surface area contributed by atoms with Crippen molar-refractivity contribution in [2.24, 2.45) is 5.92 Å².